The largest absolute Gasteiger partial charge is 0.468 e. The van der Waals surface area contributed by atoms with Crippen LogP contribution < -0.4 is 5.32 Å². The van der Waals surface area contributed by atoms with Crippen LogP contribution in [0.15, 0.2) is 30.3 Å². The van der Waals surface area contributed by atoms with Crippen molar-refractivity contribution in [2.24, 2.45) is 0 Å². The van der Waals surface area contributed by atoms with Gasteiger partial charge in [0.25, 0.3) is 0 Å². The standard InChI is InChI=1S/C16H22N2O3/c1-12(19)18-10-8-14(9-11-18)17-15(16(20)21-2)13-6-4-3-5-7-13/h3-7,14-15,17H,8-11H2,1-2H3. The molecule has 1 aromatic rings. The van der Waals surface area contributed by atoms with Crippen molar-refractivity contribution < 1.29 is 14.3 Å². The van der Waals surface area contributed by atoms with E-state index in [9.17, 15) is 9.59 Å². The Morgan fingerprint density at radius 2 is 1.86 bits per heavy atom. The summed E-state index contributed by atoms with van der Waals surface area (Å²) in [5.41, 5.74) is 0.901. The number of hydrogen-bond acceptors (Lipinski definition) is 4. The van der Waals surface area contributed by atoms with E-state index < -0.39 is 6.04 Å². The Morgan fingerprint density at radius 3 is 2.38 bits per heavy atom. The Balaban J connectivity index is 2.00. The maximum Gasteiger partial charge on any atom is 0.327 e. The summed E-state index contributed by atoms with van der Waals surface area (Å²) >= 11 is 0. The summed E-state index contributed by atoms with van der Waals surface area (Å²) in [4.78, 5) is 25.2. The van der Waals surface area contributed by atoms with E-state index in [-0.39, 0.29) is 17.9 Å². The highest BCUT2D eigenvalue weighted by atomic mass is 16.5. The zero-order valence-corrected chi connectivity index (χ0v) is 12.5. The Bertz CT molecular complexity index is 482. The minimum atomic E-state index is -0.454. The zero-order chi connectivity index (χ0) is 15.2. The molecule has 1 fully saturated rings. The lowest BCUT2D eigenvalue weighted by Gasteiger charge is -2.33. The average molecular weight is 290 g/mol. The highest BCUT2D eigenvalue weighted by molar-refractivity contribution is 5.77. The molecule has 1 heterocycles. The zero-order valence-electron chi connectivity index (χ0n) is 12.5. The number of amides is 1. The first-order valence-electron chi connectivity index (χ1n) is 7.26. The van der Waals surface area contributed by atoms with Gasteiger partial charge in [-0.25, -0.2) is 4.79 Å². The quantitative estimate of drug-likeness (QED) is 0.854. The Hall–Kier alpha value is -1.88. The number of carbonyl (C=O) groups is 2. The summed E-state index contributed by atoms with van der Waals surface area (Å²) in [5, 5.41) is 3.37. The first kappa shape index (κ1) is 15.5. The van der Waals surface area contributed by atoms with E-state index >= 15 is 0 Å². The van der Waals surface area contributed by atoms with Crippen LogP contribution in [0.25, 0.3) is 0 Å². The molecule has 1 atom stereocenters. The molecule has 0 saturated carbocycles. The molecule has 1 aliphatic rings. The first-order valence-corrected chi connectivity index (χ1v) is 7.26. The van der Waals surface area contributed by atoms with E-state index in [4.69, 9.17) is 4.74 Å². The molecule has 1 unspecified atom stereocenters. The van der Waals surface area contributed by atoms with Crippen LogP contribution >= 0.6 is 0 Å². The van der Waals surface area contributed by atoms with Gasteiger partial charge in [0.05, 0.1) is 7.11 Å². The van der Waals surface area contributed by atoms with Gasteiger partial charge in [0, 0.05) is 26.1 Å². The van der Waals surface area contributed by atoms with Crippen molar-refractivity contribution in [2.75, 3.05) is 20.2 Å². The summed E-state index contributed by atoms with van der Waals surface area (Å²) < 4.78 is 4.90. The highest BCUT2D eigenvalue weighted by Crippen LogP contribution is 2.19. The molecule has 0 radical (unpaired) electrons. The van der Waals surface area contributed by atoms with E-state index in [0.717, 1.165) is 31.5 Å². The fourth-order valence-electron chi connectivity index (χ4n) is 2.66. The third-order valence-electron chi connectivity index (χ3n) is 3.91. The van der Waals surface area contributed by atoms with Gasteiger partial charge >= 0.3 is 5.97 Å². The van der Waals surface area contributed by atoms with Gasteiger partial charge in [0.1, 0.15) is 6.04 Å². The molecule has 1 amide bonds. The average Bonchev–Trinajstić information content (AvgIpc) is 2.53. The van der Waals surface area contributed by atoms with Gasteiger partial charge in [-0.3, -0.25) is 10.1 Å². The van der Waals surface area contributed by atoms with Gasteiger partial charge in [-0.15, -0.1) is 0 Å². The summed E-state index contributed by atoms with van der Waals surface area (Å²) in [7, 11) is 1.40. The summed E-state index contributed by atoms with van der Waals surface area (Å²) in [6, 6.07) is 9.33. The highest BCUT2D eigenvalue weighted by Gasteiger charge is 2.27. The van der Waals surface area contributed by atoms with Crippen molar-refractivity contribution in [3.63, 3.8) is 0 Å². The normalized spacial score (nSPS) is 17.3. The van der Waals surface area contributed by atoms with Crippen LogP contribution in [0, 0.1) is 0 Å². The molecule has 5 nitrogen and oxygen atoms in total. The molecule has 0 spiro atoms. The minimum absolute atomic E-state index is 0.112. The number of likely N-dealkylation sites (tertiary alicyclic amines) is 1. The van der Waals surface area contributed by atoms with Gasteiger partial charge in [0.15, 0.2) is 0 Å². The maximum atomic E-state index is 12.0. The number of methoxy groups -OCH3 is 1. The summed E-state index contributed by atoms with van der Waals surface area (Å²) in [5.74, 6) is -0.170. The Labute approximate surface area is 125 Å². The molecule has 21 heavy (non-hydrogen) atoms. The van der Waals surface area contributed by atoms with E-state index in [1.807, 2.05) is 35.2 Å². The lowest BCUT2D eigenvalue weighted by Crippen LogP contribution is -2.46. The lowest BCUT2D eigenvalue weighted by atomic mass is 10.0. The molecule has 1 aliphatic heterocycles. The number of nitrogens with zero attached hydrogens (tertiary/aromatic N) is 1. The van der Waals surface area contributed by atoms with E-state index in [1.165, 1.54) is 7.11 Å². The van der Waals surface area contributed by atoms with Crippen LogP contribution in [-0.2, 0) is 14.3 Å². The number of benzene rings is 1. The molecule has 1 aromatic carbocycles. The van der Waals surface area contributed by atoms with Crippen molar-refractivity contribution in [1.82, 2.24) is 10.2 Å². The van der Waals surface area contributed by atoms with Gasteiger partial charge in [0.2, 0.25) is 5.91 Å². The van der Waals surface area contributed by atoms with Crippen LogP contribution in [-0.4, -0.2) is 43.0 Å². The Kier molecular flexibility index (Phi) is 5.33. The lowest BCUT2D eigenvalue weighted by molar-refractivity contribution is -0.144. The van der Waals surface area contributed by atoms with Gasteiger partial charge < -0.3 is 9.64 Å². The Morgan fingerprint density at radius 1 is 1.24 bits per heavy atom. The smallest absolute Gasteiger partial charge is 0.327 e. The fraction of sp³-hybridized carbons (Fsp3) is 0.500. The van der Waals surface area contributed by atoms with E-state index in [1.54, 1.807) is 6.92 Å². The SMILES string of the molecule is COC(=O)C(NC1CCN(C(C)=O)CC1)c1ccccc1. The van der Waals surface area contributed by atoms with Gasteiger partial charge in [-0.2, -0.15) is 0 Å². The monoisotopic (exact) mass is 290 g/mol. The van der Waals surface area contributed by atoms with Crippen LogP contribution in [0.2, 0.25) is 0 Å². The second-order valence-corrected chi connectivity index (χ2v) is 5.31. The van der Waals surface area contributed by atoms with Crippen LogP contribution in [0.5, 0.6) is 0 Å². The van der Waals surface area contributed by atoms with Crippen LogP contribution in [0.3, 0.4) is 0 Å². The minimum Gasteiger partial charge on any atom is -0.468 e. The van der Waals surface area contributed by atoms with Crippen molar-refractivity contribution in [1.29, 1.82) is 0 Å². The number of esters is 1. The number of piperidine rings is 1. The molecule has 0 bridgehead atoms. The molecule has 0 aliphatic carbocycles. The molecule has 2 rings (SSSR count). The predicted molar refractivity (Wildman–Crippen MR) is 79.6 cm³/mol. The summed E-state index contributed by atoms with van der Waals surface area (Å²) in [6.07, 6.45) is 1.69. The van der Waals surface area contributed by atoms with Crippen molar-refractivity contribution in [2.45, 2.75) is 31.8 Å². The van der Waals surface area contributed by atoms with Crippen LogP contribution in [0.4, 0.5) is 0 Å². The molecule has 5 heteroatoms. The second-order valence-electron chi connectivity index (χ2n) is 5.31. The van der Waals surface area contributed by atoms with Crippen molar-refractivity contribution in [3.8, 4) is 0 Å². The fourth-order valence-corrected chi connectivity index (χ4v) is 2.66. The predicted octanol–water partition coefficient (Wildman–Crippen LogP) is 1.50. The van der Waals surface area contributed by atoms with Crippen molar-refractivity contribution >= 4 is 11.9 Å². The molecule has 114 valence electrons. The second kappa shape index (κ2) is 7.22. The topological polar surface area (TPSA) is 58.6 Å². The number of hydrogen-bond donors (Lipinski definition) is 1. The number of rotatable bonds is 4. The molecular formula is C16H22N2O3. The number of nitrogens with one attached hydrogen (secondary N) is 1. The molecular weight excluding hydrogens is 268 g/mol. The van der Waals surface area contributed by atoms with Gasteiger partial charge in [-0.05, 0) is 18.4 Å². The molecule has 0 aromatic heterocycles. The first-order chi connectivity index (χ1) is 10.1. The van der Waals surface area contributed by atoms with E-state index in [2.05, 4.69) is 5.32 Å². The van der Waals surface area contributed by atoms with E-state index in [0.29, 0.717) is 0 Å². The summed E-state index contributed by atoms with van der Waals surface area (Å²) in [6.45, 7) is 3.06. The maximum absolute atomic E-state index is 12.0. The molecule has 1 N–H and O–H groups in total. The van der Waals surface area contributed by atoms with Gasteiger partial charge in [-0.1, -0.05) is 30.3 Å². The third kappa shape index (κ3) is 4.04. The number of ether oxygens (including phenoxy) is 1. The van der Waals surface area contributed by atoms with Crippen LogP contribution in [0.1, 0.15) is 31.4 Å². The van der Waals surface area contributed by atoms with Crippen molar-refractivity contribution in [3.05, 3.63) is 35.9 Å². The third-order valence-corrected chi connectivity index (χ3v) is 3.91. The molecule has 1 saturated heterocycles. The number of carbonyl (C=O) groups excluding carboxylic acids is 2.